The van der Waals surface area contributed by atoms with Crippen molar-refractivity contribution >= 4 is 24.1 Å². The number of benzene rings is 6. The molecule has 0 spiro atoms. The SMILES string of the molecule is N#CN1PN=P(Oc2ccccc2)(Oc2ccccc2)N(Oc2ccccc2)P1(Oc1ccccc1)(Oc1ccccc1)Oc1ccccc1. The van der Waals surface area contributed by atoms with Crippen molar-refractivity contribution in [1.29, 1.82) is 5.26 Å². The minimum atomic E-state index is -5.59. The summed E-state index contributed by atoms with van der Waals surface area (Å²) in [6, 6.07) is 54.2. The molecule has 0 N–H and O–H groups in total. The van der Waals surface area contributed by atoms with Gasteiger partial charge in [0.2, 0.25) is 0 Å². The third-order valence-electron chi connectivity index (χ3n) is 7.08. The van der Waals surface area contributed by atoms with E-state index in [1.54, 1.807) is 72.8 Å². The van der Waals surface area contributed by atoms with Gasteiger partial charge in [-0.05, 0) is 0 Å². The molecule has 0 aromatic heterocycles. The Hall–Kier alpha value is -5.54. The van der Waals surface area contributed by atoms with Crippen LogP contribution in [0.3, 0.4) is 0 Å². The molecule has 1 atom stereocenters. The molecule has 0 fully saturated rings. The van der Waals surface area contributed by atoms with Crippen LogP contribution in [0.4, 0.5) is 0 Å². The van der Waals surface area contributed by atoms with Crippen molar-refractivity contribution in [2.75, 3.05) is 0 Å². The molecule has 0 aliphatic carbocycles. The Morgan fingerprint density at radius 2 is 0.800 bits per heavy atom. The summed E-state index contributed by atoms with van der Waals surface area (Å²) in [6.07, 6.45) is 2.30. The molecule has 0 bridgehead atoms. The number of nitrogens with zero attached hydrogens (tertiary/aromatic N) is 4. The van der Waals surface area contributed by atoms with Crippen molar-refractivity contribution in [1.82, 2.24) is 9.05 Å². The zero-order valence-electron chi connectivity index (χ0n) is 26.5. The van der Waals surface area contributed by atoms with Crippen LogP contribution < -0.4 is 27.5 Å². The number of hydrogen-bond donors (Lipinski definition) is 0. The van der Waals surface area contributed by atoms with Gasteiger partial charge >= 0.3 is 293 Å². The van der Waals surface area contributed by atoms with Crippen LogP contribution in [-0.2, 0) is 0 Å². The molecule has 1 heterocycles. The molecule has 1 unspecified atom stereocenters. The fourth-order valence-electron chi connectivity index (χ4n) is 4.90. The van der Waals surface area contributed by atoms with Crippen molar-refractivity contribution < 1.29 is 27.5 Å². The topological polar surface area (TPSA) is 98.0 Å². The van der Waals surface area contributed by atoms with Gasteiger partial charge in [-0.3, -0.25) is 0 Å². The number of para-hydroxylation sites is 6. The fourth-order valence-corrected chi connectivity index (χ4v) is 14.5. The predicted octanol–water partition coefficient (Wildman–Crippen LogP) is 11.1. The summed E-state index contributed by atoms with van der Waals surface area (Å²) in [5, 5.41) is 11.1. The van der Waals surface area contributed by atoms with Gasteiger partial charge in [0, 0.05) is 0 Å². The molecule has 0 radical (unpaired) electrons. The molecule has 0 amide bonds. The van der Waals surface area contributed by atoms with Crippen LogP contribution in [0.25, 0.3) is 0 Å². The van der Waals surface area contributed by atoms with E-state index < -0.39 is 24.1 Å². The Labute approximate surface area is 292 Å². The second kappa shape index (κ2) is 14.5. The summed E-state index contributed by atoms with van der Waals surface area (Å²) >= 11 is 0. The predicted molar refractivity (Wildman–Crippen MR) is 196 cm³/mol. The normalized spacial score (nSPS) is 17.0. The van der Waals surface area contributed by atoms with Crippen molar-refractivity contribution in [3.63, 3.8) is 0 Å². The molecule has 1 aliphatic rings. The number of nitriles is 1. The van der Waals surface area contributed by atoms with Crippen molar-refractivity contribution in [2.45, 2.75) is 0 Å². The van der Waals surface area contributed by atoms with Crippen LogP contribution in [0.2, 0.25) is 0 Å². The Morgan fingerprint density at radius 1 is 0.480 bits per heavy atom. The van der Waals surface area contributed by atoms with Gasteiger partial charge in [-0.2, -0.15) is 0 Å². The second-order valence-electron chi connectivity index (χ2n) is 10.6. The van der Waals surface area contributed by atoms with Crippen LogP contribution in [-0.4, -0.2) is 9.05 Å². The summed E-state index contributed by atoms with van der Waals surface area (Å²) in [5.74, 6) is 2.17. The van der Waals surface area contributed by atoms with E-state index in [2.05, 4.69) is 6.19 Å². The third kappa shape index (κ3) is 6.69. The monoisotopic (exact) mass is 720 g/mol. The molecule has 13 heteroatoms. The zero-order valence-corrected chi connectivity index (χ0v) is 29.2. The quantitative estimate of drug-likeness (QED) is 0.0903. The van der Waals surface area contributed by atoms with E-state index in [4.69, 9.17) is 32.0 Å². The summed E-state index contributed by atoms with van der Waals surface area (Å²) in [4.78, 5) is 6.92. The summed E-state index contributed by atoms with van der Waals surface area (Å²) in [6.45, 7) is 0. The van der Waals surface area contributed by atoms with Gasteiger partial charge < -0.3 is 0 Å². The van der Waals surface area contributed by atoms with Crippen LogP contribution in [0.5, 0.6) is 34.5 Å². The van der Waals surface area contributed by atoms with Gasteiger partial charge in [0.15, 0.2) is 0 Å². The fraction of sp³-hybridized carbons (Fsp3) is 0. The van der Waals surface area contributed by atoms with Gasteiger partial charge in [0.05, 0.1) is 0 Å². The Bertz CT molecular complexity index is 1950. The van der Waals surface area contributed by atoms with Crippen molar-refractivity contribution in [2.24, 2.45) is 4.52 Å². The molecular formula is C37H31N4O6P3. The Kier molecular flexibility index (Phi) is 9.58. The number of hydrogen-bond acceptors (Lipinski definition) is 10. The third-order valence-corrected chi connectivity index (χ3v) is 16.0. The molecule has 10 nitrogen and oxygen atoms in total. The summed E-state index contributed by atoms with van der Waals surface area (Å²) in [7, 11) is -10.3. The molecule has 6 aromatic carbocycles. The molecule has 250 valence electrons. The maximum atomic E-state index is 11.1. The van der Waals surface area contributed by atoms with Crippen LogP contribution in [0.1, 0.15) is 0 Å². The first kappa shape index (κ1) is 33.0. The van der Waals surface area contributed by atoms with E-state index in [1.807, 2.05) is 109 Å². The standard InChI is InChI=1S/C37H31N4O6P3/c38-31-40-48-39-49(43-33-21-9-2-10-22-33,44-34-23-11-3-12-24-34)41(42-32-19-7-1-8-20-32)50(40,45-35-25-13-4-14-26-35,46-36-27-15-5-16-28-36)47-37-29-17-6-18-30-37/h1-30,48H. The van der Waals surface area contributed by atoms with E-state index in [-0.39, 0.29) is 0 Å². The molecular weight excluding hydrogens is 689 g/mol. The number of rotatable bonds is 12. The van der Waals surface area contributed by atoms with E-state index >= 15 is 0 Å². The summed E-state index contributed by atoms with van der Waals surface area (Å²) in [5.41, 5.74) is 0. The van der Waals surface area contributed by atoms with Gasteiger partial charge in [-0.25, -0.2) is 0 Å². The minimum absolute atomic E-state index is 0.322. The molecule has 0 saturated heterocycles. The van der Waals surface area contributed by atoms with Crippen molar-refractivity contribution in [3.8, 4) is 40.7 Å². The molecule has 0 saturated carbocycles. The van der Waals surface area contributed by atoms with Crippen LogP contribution in [0.15, 0.2) is 187 Å². The van der Waals surface area contributed by atoms with Crippen molar-refractivity contribution in [3.05, 3.63) is 182 Å². The van der Waals surface area contributed by atoms with E-state index in [1.165, 1.54) is 9.05 Å². The van der Waals surface area contributed by atoms with E-state index in [0.717, 1.165) is 0 Å². The molecule has 7 rings (SSSR count). The van der Waals surface area contributed by atoms with Crippen LogP contribution in [0, 0.1) is 11.5 Å². The average Bonchev–Trinajstić information content (AvgIpc) is 3.16. The first-order valence-corrected chi connectivity index (χ1v) is 19.8. The molecule has 6 aromatic rings. The molecule has 1 aliphatic heterocycles. The molecule has 50 heavy (non-hydrogen) atoms. The summed E-state index contributed by atoms with van der Waals surface area (Å²) < 4.78 is 42.9. The first-order chi connectivity index (χ1) is 24.6. The zero-order chi connectivity index (χ0) is 34.1. The van der Waals surface area contributed by atoms with Gasteiger partial charge in [-0.15, -0.1) is 0 Å². The van der Waals surface area contributed by atoms with Gasteiger partial charge in [0.25, 0.3) is 0 Å². The Balaban J connectivity index is 1.60. The Morgan fingerprint density at radius 3 is 1.14 bits per heavy atom. The van der Waals surface area contributed by atoms with E-state index in [0.29, 0.717) is 34.5 Å². The second-order valence-corrected chi connectivity index (χ2v) is 17.3. The van der Waals surface area contributed by atoms with E-state index in [9.17, 15) is 5.26 Å². The first-order valence-electron chi connectivity index (χ1n) is 15.5. The average molecular weight is 721 g/mol. The van der Waals surface area contributed by atoms with Crippen LogP contribution >= 0.6 is 24.1 Å². The van der Waals surface area contributed by atoms with Gasteiger partial charge in [0.1, 0.15) is 0 Å². The maximum absolute atomic E-state index is 11.1. The van der Waals surface area contributed by atoms with Gasteiger partial charge in [-0.1, -0.05) is 0 Å².